The summed E-state index contributed by atoms with van der Waals surface area (Å²) in [7, 11) is 0. The number of aryl methyl sites for hydroxylation is 1. The molecule has 0 bridgehead atoms. The van der Waals surface area contributed by atoms with Gasteiger partial charge in [0.2, 0.25) is 0 Å². The van der Waals surface area contributed by atoms with E-state index in [0.29, 0.717) is 0 Å². The molecule has 0 radical (unpaired) electrons. The Morgan fingerprint density at radius 2 is 2.18 bits per heavy atom. The van der Waals surface area contributed by atoms with Crippen molar-refractivity contribution in [1.82, 2.24) is 0 Å². The monoisotopic (exact) mass is 150 g/mol. The van der Waals surface area contributed by atoms with Crippen molar-refractivity contribution in [3.63, 3.8) is 0 Å². The van der Waals surface area contributed by atoms with Gasteiger partial charge in [-0.1, -0.05) is 29.8 Å². The van der Waals surface area contributed by atoms with Gasteiger partial charge in [-0.05, 0) is 25.8 Å². The van der Waals surface area contributed by atoms with Gasteiger partial charge in [0, 0.05) is 0 Å². The number of rotatable bonds is 2. The van der Waals surface area contributed by atoms with Gasteiger partial charge in [-0.15, -0.1) is 0 Å². The van der Waals surface area contributed by atoms with Crippen LogP contribution in [-0.4, -0.2) is 11.2 Å². The Balaban J connectivity index is 2.71. The molecule has 1 heteroatoms. The molecule has 1 N–H and O–H groups in total. The average molecular weight is 150 g/mol. The fraction of sp³-hybridized carbons (Fsp3) is 0.400. The summed E-state index contributed by atoms with van der Waals surface area (Å²) in [5, 5.41) is 9.10. The molecular formula is C10H14O. The van der Waals surface area contributed by atoms with Crippen LogP contribution in [0.15, 0.2) is 24.3 Å². The lowest BCUT2D eigenvalue weighted by molar-refractivity contribution is 0.195. The second-order valence-electron chi connectivity index (χ2n) is 3.04. The molecule has 0 aliphatic carbocycles. The van der Waals surface area contributed by atoms with E-state index in [9.17, 15) is 0 Å². The van der Waals surface area contributed by atoms with E-state index in [2.05, 4.69) is 19.1 Å². The van der Waals surface area contributed by atoms with Gasteiger partial charge >= 0.3 is 0 Å². The van der Waals surface area contributed by atoms with Gasteiger partial charge in [0.15, 0.2) is 0 Å². The Labute approximate surface area is 67.7 Å². The molecule has 0 aromatic heterocycles. The first-order valence-corrected chi connectivity index (χ1v) is 3.92. The molecule has 0 saturated carbocycles. The largest absolute Gasteiger partial charge is 0.393 e. The molecule has 60 valence electrons. The molecule has 1 atom stereocenters. The Bertz CT molecular complexity index is 228. The predicted octanol–water partition coefficient (Wildman–Crippen LogP) is 1.92. The van der Waals surface area contributed by atoms with Gasteiger partial charge in [-0.3, -0.25) is 0 Å². The second-order valence-corrected chi connectivity index (χ2v) is 3.04. The third-order valence-electron chi connectivity index (χ3n) is 1.61. The third-order valence-corrected chi connectivity index (χ3v) is 1.61. The highest BCUT2D eigenvalue weighted by atomic mass is 16.3. The van der Waals surface area contributed by atoms with E-state index in [4.69, 9.17) is 5.11 Å². The predicted molar refractivity (Wildman–Crippen MR) is 46.6 cm³/mol. The maximum Gasteiger partial charge on any atom is 0.0552 e. The Morgan fingerprint density at radius 1 is 1.45 bits per heavy atom. The number of aliphatic hydroxyl groups excluding tert-OH is 1. The third kappa shape index (κ3) is 2.72. The maximum absolute atomic E-state index is 9.10. The Morgan fingerprint density at radius 3 is 2.73 bits per heavy atom. The first kappa shape index (κ1) is 8.28. The van der Waals surface area contributed by atoms with Gasteiger partial charge in [-0.25, -0.2) is 0 Å². The van der Waals surface area contributed by atoms with Crippen LogP contribution >= 0.6 is 0 Å². The number of benzene rings is 1. The van der Waals surface area contributed by atoms with Crippen molar-refractivity contribution in [3.8, 4) is 0 Å². The van der Waals surface area contributed by atoms with Crippen molar-refractivity contribution in [2.24, 2.45) is 0 Å². The summed E-state index contributed by atoms with van der Waals surface area (Å²) < 4.78 is 0. The SMILES string of the molecule is Cc1cccc(C[C@@H](C)O)c1. The summed E-state index contributed by atoms with van der Waals surface area (Å²) in [6, 6.07) is 8.23. The lowest BCUT2D eigenvalue weighted by Gasteiger charge is -2.04. The lowest BCUT2D eigenvalue weighted by Crippen LogP contribution is -2.03. The zero-order chi connectivity index (χ0) is 8.27. The Hall–Kier alpha value is -0.820. The van der Waals surface area contributed by atoms with Gasteiger partial charge in [0.1, 0.15) is 0 Å². The maximum atomic E-state index is 9.10. The molecule has 1 nitrogen and oxygen atoms in total. The molecule has 1 aromatic carbocycles. The Kier molecular flexibility index (Phi) is 2.66. The van der Waals surface area contributed by atoms with Crippen molar-refractivity contribution in [1.29, 1.82) is 0 Å². The van der Waals surface area contributed by atoms with Crippen LogP contribution in [0, 0.1) is 6.92 Å². The molecule has 0 heterocycles. The van der Waals surface area contributed by atoms with Crippen molar-refractivity contribution in [2.75, 3.05) is 0 Å². The molecule has 0 saturated heterocycles. The van der Waals surface area contributed by atoms with E-state index < -0.39 is 0 Å². The smallest absolute Gasteiger partial charge is 0.0552 e. The molecule has 0 spiro atoms. The van der Waals surface area contributed by atoms with Crippen LogP contribution < -0.4 is 0 Å². The van der Waals surface area contributed by atoms with Crippen molar-refractivity contribution < 1.29 is 5.11 Å². The van der Waals surface area contributed by atoms with E-state index in [1.165, 1.54) is 11.1 Å². The highest BCUT2D eigenvalue weighted by molar-refractivity contribution is 5.22. The summed E-state index contributed by atoms with van der Waals surface area (Å²) in [6.45, 7) is 3.87. The van der Waals surface area contributed by atoms with E-state index in [-0.39, 0.29) is 6.10 Å². The van der Waals surface area contributed by atoms with Crippen LogP contribution in [0.5, 0.6) is 0 Å². The first-order valence-electron chi connectivity index (χ1n) is 3.92. The second kappa shape index (κ2) is 3.54. The summed E-state index contributed by atoms with van der Waals surface area (Å²) in [6.07, 6.45) is 0.513. The van der Waals surface area contributed by atoms with Gasteiger partial charge in [0.25, 0.3) is 0 Å². The van der Waals surface area contributed by atoms with Crippen LogP contribution in [-0.2, 0) is 6.42 Å². The fourth-order valence-corrected chi connectivity index (χ4v) is 1.18. The number of aliphatic hydroxyl groups is 1. The zero-order valence-corrected chi connectivity index (χ0v) is 7.04. The molecule has 1 aromatic rings. The van der Waals surface area contributed by atoms with Gasteiger partial charge in [0.05, 0.1) is 6.10 Å². The molecule has 0 aliphatic rings. The van der Waals surface area contributed by atoms with E-state index in [0.717, 1.165) is 6.42 Å². The molecular weight excluding hydrogens is 136 g/mol. The van der Waals surface area contributed by atoms with Gasteiger partial charge in [-0.2, -0.15) is 0 Å². The van der Waals surface area contributed by atoms with E-state index >= 15 is 0 Å². The minimum atomic E-state index is -0.239. The topological polar surface area (TPSA) is 20.2 Å². The molecule has 11 heavy (non-hydrogen) atoms. The molecule has 0 unspecified atom stereocenters. The number of hydrogen-bond donors (Lipinski definition) is 1. The normalized spacial score (nSPS) is 13.0. The highest BCUT2D eigenvalue weighted by Gasteiger charge is 1.97. The average Bonchev–Trinajstić information content (AvgIpc) is 1.85. The van der Waals surface area contributed by atoms with Crippen LogP contribution in [0.3, 0.4) is 0 Å². The summed E-state index contributed by atoms with van der Waals surface area (Å²) >= 11 is 0. The van der Waals surface area contributed by atoms with Crippen molar-refractivity contribution >= 4 is 0 Å². The first-order chi connectivity index (χ1) is 5.18. The van der Waals surface area contributed by atoms with Crippen molar-refractivity contribution in [2.45, 2.75) is 26.4 Å². The van der Waals surface area contributed by atoms with Crippen LogP contribution in [0.2, 0.25) is 0 Å². The van der Waals surface area contributed by atoms with Crippen molar-refractivity contribution in [3.05, 3.63) is 35.4 Å². The minimum Gasteiger partial charge on any atom is -0.393 e. The van der Waals surface area contributed by atoms with Gasteiger partial charge < -0.3 is 5.11 Å². The zero-order valence-electron chi connectivity index (χ0n) is 7.04. The summed E-state index contributed by atoms with van der Waals surface area (Å²) in [5.41, 5.74) is 2.46. The summed E-state index contributed by atoms with van der Waals surface area (Å²) in [5.74, 6) is 0. The quantitative estimate of drug-likeness (QED) is 0.683. The standard InChI is InChI=1S/C10H14O/c1-8-4-3-5-10(6-8)7-9(2)11/h3-6,9,11H,7H2,1-2H3/t9-/m1/s1. The van der Waals surface area contributed by atoms with Crippen LogP contribution in [0.1, 0.15) is 18.1 Å². The molecule has 0 aliphatic heterocycles. The van der Waals surface area contributed by atoms with E-state index in [1.54, 1.807) is 0 Å². The fourth-order valence-electron chi connectivity index (χ4n) is 1.18. The number of hydrogen-bond acceptors (Lipinski definition) is 1. The highest BCUT2D eigenvalue weighted by Crippen LogP contribution is 2.06. The molecule has 0 amide bonds. The summed E-state index contributed by atoms with van der Waals surface area (Å²) in [4.78, 5) is 0. The molecule has 1 rings (SSSR count). The molecule has 0 fully saturated rings. The van der Waals surface area contributed by atoms with Crippen LogP contribution in [0.4, 0.5) is 0 Å². The van der Waals surface area contributed by atoms with E-state index in [1.807, 2.05) is 19.1 Å². The lowest BCUT2D eigenvalue weighted by atomic mass is 10.1. The minimum absolute atomic E-state index is 0.239. The van der Waals surface area contributed by atoms with Crippen LogP contribution in [0.25, 0.3) is 0 Å².